The molecule has 13 amide bonds. The summed E-state index contributed by atoms with van der Waals surface area (Å²) in [6.45, 7) is 6.43. The van der Waals surface area contributed by atoms with Gasteiger partial charge < -0.3 is 93.2 Å². The number of amides is 13. The van der Waals surface area contributed by atoms with E-state index in [9.17, 15) is 96.8 Å². The van der Waals surface area contributed by atoms with E-state index >= 15 is 4.21 Å². The minimum absolute atomic E-state index is 0.0619. The summed E-state index contributed by atoms with van der Waals surface area (Å²) in [7, 11) is 0.307. The number of aromatic nitrogens is 1. The molecule has 14 atom stereocenters. The monoisotopic (exact) mass is 1660 g/mol. The van der Waals surface area contributed by atoms with Crippen molar-refractivity contribution in [3.8, 4) is 5.75 Å². The van der Waals surface area contributed by atoms with E-state index < -0.39 is 224 Å². The number of H-pyrrole nitrogens is 1. The van der Waals surface area contributed by atoms with Crippen LogP contribution in [0.5, 0.6) is 5.75 Å². The van der Waals surface area contributed by atoms with Gasteiger partial charge in [0, 0.05) is 133 Å². The summed E-state index contributed by atoms with van der Waals surface area (Å²) < 4.78 is 26.7. The van der Waals surface area contributed by atoms with Gasteiger partial charge in [0.05, 0.1) is 90.6 Å². The molecule has 0 saturated carbocycles. The third-order valence-corrected chi connectivity index (χ3v) is 23.2. The number of ketones is 5. The van der Waals surface area contributed by atoms with Crippen molar-refractivity contribution >= 4 is 122 Å². The second kappa shape index (κ2) is 44.2. The van der Waals surface area contributed by atoms with Gasteiger partial charge in [-0.15, -0.1) is 0 Å². The van der Waals surface area contributed by atoms with Gasteiger partial charge in [-0.05, 0) is 72.8 Å². The summed E-state index contributed by atoms with van der Waals surface area (Å²) in [4.78, 5) is 239. The van der Waals surface area contributed by atoms with Crippen LogP contribution in [0.4, 0.5) is 14.4 Å². The van der Waals surface area contributed by atoms with Crippen LogP contribution in [0.2, 0.25) is 0 Å². The number of likely N-dealkylation sites (tertiary alicyclic amines) is 1. The molecule has 2 aromatic carbocycles. The van der Waals surface area contributed by atoms with E-state index in [1.54, 1.807) is 58.9 Å². The number of ether oxygens (including phenoxy) is 2. The molecule has 642 valence electrons. The number of nitrogens with two attached hydrogens (primary N) is 2. The van der Waals surface area contributed by atoms with E-state index in [0.29, 0.717) is 36.8 Å². The molecule has 0 aliphatic carbocycles. The SMILES string of the molecule is CC[C@H](C)[C@@H]1NC(=O)CNC(=O)[C@@H]2CC(=O)[C@H]([C@@H](C)[C@@H](O)CO)NCC(=O)[C@@H]3C[C@@H](O)CN3C(=O)[C@H](CC(N)=O)CC(=O)[C@H](CS(=O)c3[nH]c4cc(OC(=O)N(C)CCN(C)C(=O)OCc5ccc(CC(=O)[C@H](CCCNC(N)=O)NC(=O)[C@@H](CC(=O)CCCCCN6C(=O)CC(C)C6=O)C(C)C)cc5)ccc4c3C2)NC(=O)CNC1=O. The Morgan fingerprint density at radius 2 is 1.43 bits per heavy atom. The van der Waals surface area contributed by atoms with Crippen molar-refractivity contribution in [2.24, 2.45) is 52.9 Å². The van der Waals surface area contributed by atoms with Crippen LogP contribution in [0.1, 0.15) is 142 Å². The second-order valence-electron chi connectivity index (χ2n) is 31.2. The highest BCUT2D eigenvalue weighted by Crippen LogP contribution is 2.34. The van der Waals surface area contributed by atoms with Gasteiger partial charge in [-0.25, -0.2) is 14.4 Å². The summed E-state index contributed by atoms with van der Waals surface area (Å²) in [5.41, 5.74) is 12.2. The Kier molecular flexibility index (Phi) is 35.4. The quantitative estimate of drug-likeness (QED) is 0.0286. The number of hydrogen-bond donors (Lipinski definition) is 13. The Labute approximate surface area is 679 Å². The number of aromatic amines is 1. The zero-order valence-corrected chi connectivity index (χ0v) is 68.2. The number of imide groups is 1. The lowest BCUT2D eigenvalue weighted by molar-refractivity contribution is -0.144. The lowest BCUT2D eigenvalue weighted by Crippen LogP contribution is -2.55. The normalized spacial score (nSPS) is 22.9. The average Bonchev–Trinajstić information content (AvgIpc) is 1.63. The highest BCUT2D eigenvalue weighted by Gasteiger charge is 2.45. The number of aliphatic hydroxyl groups excluding tert-OH is 3. The van der Waals surface area contributed by atoms with Crippen LogP contribution < -0.4 is 53.4 Å². The molecule has 117 heavy (non-hydrogen) atoms. The summed E-state index contributed by atoms with van der Waals surface area (Å²) in [5, 5.41) is 50.2. The Bertz CT molecular complexity index is 4190. The largest absolute Gasteiger partial charge is 0.445 e. The predicted molar refractivity (Wildman–Crippen MR) is 420 cm³/mol. The molecule has 2 saturated heterocycles. The van der Waals surface area contributed by atoms with Crippen molar-refractivity contribution in [1.82, 2.24) is 61.8 Å². The third kappa shape index (κ3) is 27.1. The molecule has 7 rings (SSSR count). The Balaban J connectivity index is 1.06. The molecule has 0 radical (unpaired) electrons. The molecule has 38 heteroatoms. The molecule has 4 aliphatic rings. The van der Waals surface area contributed by atoms with Crippen LogP contribution in [0.3, 0.4) is 0 Å². The Morgan fingerprint density at radius 1 is 0.761 bits per heavy atom. The van der Waals surface area contributed by atoms with Crippen molar-refractivity contribution < 1.29 is 111 Å². The standard InChI is InChI=1S/C79H112N14O23S/c1-9-43(4)69-73(108)85-36-66(103)86-58-41-117(114)74-55(28-48(71(106)84-37-67(104)89-69)29-62(99)70(45(6)64(101)39-94)83-35-63(100)59-33-51(96)38-93(59)76(110)49(30-61(58)98)31-65(80)102)53-21-20-52(34-57(53)88-74)116-79(113)91(8)25-24-90(7)78(112)115-40-47-18-16-46(17-19-47)27-60(97)56(15-13-22-82-77(81)111)87-72(107)54(42(2)3)32-50(95)14-11-10-12-23-92-68(105)26-44(5)75(92)109/h16-21,34,42-45,48-49,51,54,56,58-59,64,69-70,83,88,94,96,101H,9-15,22-33,35-41H2,1-8H3,(H2,80,102)(H,84,106)(H,85,108)(H,86,103)(H,87,107)(H,89,104)(H3,81,82,111)/t43-,44?,45-,48-,49-,51+,54-,56-,58-,59-,64-,69-,70-,117?/m0/s1. The van der Waals surface area contributed by atoms with Gasteiger partial charge in [0.15, 0.2) is 23.1 Å². The summed E-state index contributed by atoms with van der Waals surface area (Å²) in [6, 6.07) is 2.88. The van der Waals surface area contributed by atoms with Gasteiger partial charge in [-0.1, -0.05) is 78.6 Å². The van der Waals surface area contributed by atoms with Crippen molar-refractivity contribution in [3.05, 3.63) is 59.2 Å². The summed E-state index contributed by atoms with van der Waals surface area (Å²) in [5.74, 6) is -16.9. The number of unbranched alkanes of at least 4 members (excludes halogenated alkanes) is 2. The van der Waals surface area contributed by atoms with E-state index in [0.717, 1.165) is 9.80 Å². The van der Waals surface area contributed by atoms with Crippen molar-refractivity contribution in [1.29, 1.82) is 0 Å². The van der Waals surface area contributed by atoms with Gasteiger partial charge >= 0.3 is 18.2 Å². The van der Waals surface area contributed by atoms with Crippen LogP contribution in [0, 0.1) is 41.4 Å². The predicted octanol–water partition coefficient (Wildman–Crippen LogP) is -0.471. The average molecular weight is 1660 g/mol. The van der Waals surface area contributed by atoms with E-state index in [1.165, 1.54) is 49.0 Å². The lowest BCUT2D eigenvalue weighted by Gasteiger charge is -2.30. The van der Waals surface area contributed by atoms with E-state index in [2.05, 4.69) is 42.2 Å². The number of rotatable bonds is 31. The van der Waals surface area contributed by atoms with Gasteiger partial charge in [0.1, 0.15) is 29.2 Å². The number of urea groups is 1. The van der Waals surface area contributed by atoms with Crippen LogP contribution >= 0.6 is 0 Å². The van der Waals surface area contributed by atoms with Crippen LogP contribution in [0.25, 0.3) is 10.9 Å². The van der Waals surface area contributed by atoms with Crippen molar-refractivity contribution in [3.63, 3.8) is 0 Å². The molecule has 2 bridgehead atoms. The minimum atomic E-state index is -2.50. The zero-order chi connectivity index (χ0) is 86.2. The molecule has 2 unspecified atom stereocenters. The molecule has 3 aromatic rings. The lowest BCUT2D eigenvalue weighted by atomic mass is 9.85. The first-order valence-corrected chi connectivity index (χ1v) is 40.9. The number of benzene rings is 2. The Morgan fingerprint density at radius 3 is 2.07 bits per heavy atom. The maximum Gasteiger partial charge on any atom is 0.415 e. The van der Waals surface area contributed by atoms with Crippen molar-refractivity contribution in [2.45, 2.75) is 192 Å². The van der Waals surface area contributed by atoms with Gasteiger partial charge in [0.2, 0.25) is 53.2 Å². The molecular formula is C79H112N14O23S. The van der Waals surface area contributed by atoms with Gasteiger partial charge in [0.25, 0.3) is 0 Å². The fourth-order valence-corrected chi connectivity index (χ4v) is 15.9. The topological polar surface area (TPSA) is 551 Å². The van der Waals surface area contributed by atoms with Crippen LogP contribution in [-0.2, 0) is 102 Å². The molecule has 5 heterocycles. The first-order chi connectivity index (χ1) is 55.4. The van der Waals surface area contributed by atoms with Crippen molar-refractivity contribution in [2.75, 3.05) is 78.8 Å². The first-order valence-electron chi connectivity index (χ1n) is 39.5. The summed E-state index contributed by atoms with van der Waals surface area (Å²) >= 11 is 0. The number of aliphatic hydroxyl groups is 3. The van der Waals surface area contributed by atoms with Crippen LogP contribution in [0.15, 0.2) is 47.5 Å². The smallest absolute Gasteiger partial charge is 0.415 e. The fourth-order valence-electron chi connectivity index (χ4n) is 14.5. The summed E-state index contributed by atoms with van der Waals surface area (Å²) in [6.07, 6.45) is -5.32. The second-order valence-corrected chi connectivity index (χ2v) is 32.6. The first kappa shape index (κ1) is 93.7. The maximum atomic E-state index is 15.3. The molecule has 15 N–H and O–H groups in total. The number of primary amides is 2. The van der Waals surface area contributed by atoms with Gasteiger partial charge in [-0.3, -0.25) is 76.2 Å². The van der Waals surface area contributed by atoms with Gasteiger partial charge in [-0.2, -0.15) is 0 Å². The van der Waals surface area contributed by atoms with E-state index in [4.69, 9.17) is 20.9 Å². The number of Topliss-reactive ketones (excluding diaryl/α,β-unsaturated/α-hetero) is 5. The highest BCUT2D eigenvalue weighted by atomic mass is 32.2. The molecule has 4 aliphatic heterocycles. The number of hydrogen-bond acceptors (Lipinski definition) is 24. The number of fused-ring (bicyclic) bond motifs is 5. The molecular weight excluding hydrogens is 1550 g/mol. The molecule has 1 aromatic heterocycles. The number of carbonyl (C=O) groups excluding carboxylic acids is 17. The fraction of sp³-hybridized carbons (Fsp3) is 0.608. The maximum absolute atomic E-state index is 15.3. The van der Waals surface area contributed by atoms with Crippen LogP contribution in [-0.4, -0.2) is 266 Å². The number of nitrogens with zero attached hydrogens (tertiary/aromatic N) is 4. The number of carbonyl (C=O) groups is 17. The Hall–Kier alpha value is -10.4. The molecule has 0 spiro atoms. The molecule has 2 fully saturated rings. The minimum Gasteiger partial charge on any atom is -0.445 e. The number of likely N-dealkylation sites (N-methyl/N-ethyl adjacent to an activating group) is 2. The highest BCUT2D eigenvalue weighted by molar-refractivity contribution is 7.85. The van der Waals surface area contributed by atoms with E-state index in [1.807, 2.05) is 0 Å². The molecule has 37 nitrogen and oxygen atoms in total. The third-order valence-electron chi connectivity index (χ3n) is 21.8. The number of nitrogens with one attached hydrogen (secondary N) is 8. The van der Waals surface area contributed by atoms with E-state index in [-0.39, 0.29) is 140 Å². The zero-order valence-electron chi connectivity index (χ0n) is 67.4.